The van der Waals surface area contributed by atoms with Gasteiger partial charge in [-0.3, -0.25) is 0 Å². The molecule has 0 aromatic heterocycles. The standard InChI is InChI=1S/2C47H37N.14C2H6/c1-2-48(38-27-25-34(26-28-38)39-21-13-22-41-40-19-10-9-14-35(40)31-43(39)41)32-33-24-29-46-44(30-33)42-20-11-12-23-45(42)47(46,36-15-5-3-6-16-36)37-17-7-4-8-18-37;1-2-48(40-26-24-34(25-27-40)35-22-23-37-30-36-13-9-10-18-41(36)43(37)31-35)32-33-21-28-46-44(29-33)42-19-11-12-20-45(42)47(46,38-14-5-3-6-15-38)39-16-7-4-8-17-39;14*1-2/h3-30H,2,31-32H2,1H3;3-29,31H,2,30,32H2,1H3;14*1-2H3. The van der Waals surface area contributed by atoms with Crippen LogP contribution in [0.25, 0.3) is 66.8 Å². The van der Waals surface area contributed by atoms with Crippen molar-refractivity contribution in [2.75, 3.05) is 22.9 Å². The maximum absolute atomic E-state index is 2.49. The van der Waals surface area contributed by atoms with E-state index >= 15 is 0 Å². The fourth-order valence-electron chi connectivity index (χ4n) is 16.8. The fraction of sp³-hybridized carbons (Fsp3) is 0.311. The predicted molar refractivity (Wildman–Crippen MR) is 560 cm³/mol. The quantitative estimate of drug-likeness (QED) is 0.107. The second kappa shape index (κ2) is 58.7. The second-order valence-electron chi connectivity index (χ2n) is 26.3. The molecule has 0 amide bonds. The minimum atomic E-state index is -0.355. The van der Waals surface area contributed by atoms with E-state index in [2.05, 4.69) is 363 Å². The van der Waals surface area contributed by atoms with E-state index in [4.69, 9.17) is 0 Å². The van der Waals surface area contributed by atoms with Gasteiger partial charge < -0.3 is 9.80 Å². The van der Waals surface area contributed by atoms with Gasteiger partial charge in [0.15, 0.2) is 0 Å². The molecule has 656 valence electrons. The lowest BCUT2D eigenvalue weighted by Gasteiger charge is -2.34. The van der Waals surface area contributed by atoms with Crippen molar-refractivity contribution >= 4 is 11.4 Å². The molecule has 0 spiro atoms. The van der Waals surface area contributed by atoms with E-state index in [0.29, 0.717) is 0 Å². The third kappa shape index (κ3) is 23.6. The third-order valence-electron chi connectivity index (χ3n) is 21.3. The number of rotatable bonds is 14. The summed E-state index contributed by atoms with van der Waals surface area (Å²) in [6, 6.07) is 126. The number of fused-ring (bicyclic) bond motifs is 12. The molecule has 0 atom stereocenters. The maximum atomic E-state index is 2.49. The Morgan fingerprint density at radius 2 is 0.484 bits per heavy atom. The molecule has 14 aromatic carbocycles. The van der Waals surface area contributed by atoms with E-state index < -0.39 is 0 Å². The van der Waals surface area contributed by atoms with Crippen molar-refractivity contribution in [3.63, 3.8) is 0 Å². The minimum Gasteiger partial charge on any atom is -0.367 e. The smallest absolute Gasteiger partial charge is 0.0713 e. The van der Waals surface area contributed by atoms with Gasteiger partial charge in [-0.25, -0.2) is 0 Å². The fourth-order valence-corrected chi connectivity index (χ4v) is 16.8. The molecule has 0 saturated heterocycles. The van der Waals surface area contributed by atoms with Crippen molar-refractivity contribution in [3.05, 3.63) is 418 Å². The molecule has 14 aromatic rings. The van der Waals surface area contributed by atoms with Gasteiger partial charge in [-0.1, -0.05) is 491 Å². The zero-order valence-electron chi connectivity index (χ0n) is 82.5. The van der Waals surface area contributed by atoms with Crippen LogP contribution in [0, 0.1) is 0 Å². The molecule has 0 radical (unpaired) electrons. The molecule has 4 aliphatic rings. The normalized spacial score (nSPS) is 11.0. The highest BCUT2D eigenvalue weighted by atomic mass is 15.1. The van der Waals surface area contributed by atoms with Gasteiger partial charge in [-0.05, 0) is 214 Å². The summed E-state index contributed by atoms with van der Waals surface area (Å²) < 4.78 is 0. The van der Waals surface area contributed by atoms with E-state index in [1.807, 2.05) is 194 Å². The number of anilines is 2. The van der Waals surface area contributed by atoms with Gasteiger partial charge in [0.25, 0.3) is 0 Å². The van der Waals surface area contributed by atoms with Gasteiger partial charge in [0.1, 0.15) is 0 Å². The summed E-state index contributed by atoms with van der Waals surface area (Å²) in [7, 11) is 0. The Balaban J connectivity index is 0.000000500. The first-order valence-corrected chi connectivity index (χ1v) is 48.3. The lowest BCUT2D eigenvalue weighted by molar-refractivity contribution is 0.767. The zero-order valence-corrected chi connectivity index (χ0v) is 82.5. The molecular weight excluding hydrogens is 1490 g/mol. The van der Waals surface area contributed by atoms with Crippen molar-refractivity contribution in [3.8, 4) is 66.8 Å². The van der Waals surface area contributed by atoms with Gasteiger partial charge in [0, 0.05) is 37.6 Å². The Bertz CT molecular complexity index is 5100. The van der Waals surface area contributed by atoms with Gasteiger partial charge in [-0.15, -0.1) is 0 Å². The van der Waals surface area contributed by atoms with Crippen LogP contribution in [-0.4, -0.2) is 13.1 Å². The molecule has 124 heavy (non-hydrogen) atoms. The van der Waals surface area contributed by atoms with Crippen LogP contribution >= 0.6 is 0 Å². The molecule has 0 aliphatic heterocycles. The molecular formula is C122H158N2. The number of hydrogen-bond acceptors (Lipinski definition) is 2. The third-order valence-corrected chi connectivity index (χ3v) is 21.3. The number of hydrogen-bond donors (Lipinski definition) is 0. The second-order valence-corrected chi connectivity index (χ2v) is 26.3. The van der Waals surface area contributed by atoms with Crippen LogP contribution in [0.15, 0.2) is 340 Å². The maximum Gasteiger partial charge on any atom is 0.0713 e. The molecule has 0 N–H and O–H groups in total. The summed E-state index contributed by atoms with van der Waals surface area (Å²) in [4.78, 5) is 4.96. The molecule has 4 aliphatic carbocycles. The average Bonchev–Trinajstić information content (AvgIpc) is 1.54. The molecule has 18 rings (SSSR count). The van der Waals surface area contributed by atoms with Crippen molar-refractivity contribution in [2.24, 2.45) is 0 Å². The van der Waals surface area contributed by atoms with E-state index in [9.17, 15) is 0 Å². The van der Waals surface area contributed by atoms with Crippen molar-refractivity contribution < 1.29 is 0 Å². The summed E-state index contributed by atoms with van der Waals surface area (Å²) in [6.07, 6.45) is 2.03. The van der Waals surface area contributed by atoms with Crippen LogP contribution in [0.3, 0.4) is 0 Å². The topological polar surface area (TPSA) is 6.48 Å². The Morgan fingerprint density at radius 3 is 0.855 bits per heavy atom. The molecule has 0 bridgehead atoms. The van der Waals surface area contributed by atoms with Crippen molar-refractivity contribution in [1.82, 2.24) is 0 Å². The zero-order chi connectivity index (χ0) is 92.2. The number of benzene rings is 14. The Hall–Kier alpha value is -11.3. The van der Waals surface area contributed by atoms with Crippen molar-refractivity contribution in [2.45, 2.75) is 244 Å². The van der Waals surface area contributed by atoms with Crippen LogP contribution in [0.2, 0.25) is 0 Å². The summed E-state index contributed by atoms with van der Waals surface area (Å²) in [5.74, 6) is 0. The van der Waals surface area contributed by atoms with Crippen LogP contribution in [-0.2, 0) is 36.8 Å². The van der Waals surface area contributed by atoms with Crippen LogP contribution in [0.4, 0.5) is 11.4 Å². The molecule has 0 fully saturated rings. The summed E-state index contributed by atoms with van der Waals surface area (Å²) in [6.45, 7) is 64.1. The molecule has 2 nitrogen and oxygen atoms in total. The van der Waals surface area contributed by atoms with Crippen LogP contribution in [0.1, 0.15) is 286 Å². The largest absolute Gasteiger partial charge is 0.367 e. The Kier molecular flexibility index (Phi) is 50.6. The lowest BCUT2D eigenvalue weighted by Crippen LogP contribution is -2.28. The van der Waals surface area contributed by atoms with Crippen LogP contribution < -0.4 is 9.80 Å². The van der Waals surface area contributed by atoms with Crippen molar-refractivity contribution in [1.29, 1.82) is 0 Å². The number of nitrogens with zero attached hydrogens (tertiary/aromatic N) is 2. The predicted octanol–water partition coefficient (Wildman–Crippen LogP) is 37.0. The van der Waals surface area contributed by atoms with Gasteiger partial charge in [0.05, 0.1) is 10.8 Å². The molecule has 2 heteroatoms. The van der Waals surface area contributed by atoms with E-state index in [1.54, 1.807) is 0 Å². The Labute approximate surface area is 758 Å². The van der Waals surface area contributed by atoms with E-state index in [0.717, 1.165) is 39.0 Å². The Morgan fingerprint density at radius 1 is 0.202 bits per heavy atom. The SMILES string of the molecule is CC.CC.CC.CC.CC.CC.CC.CC.CC.CC.CC.CC.CC.CC.CCN(Cc1ccc2c(c1)-c1ccccc1C2(c1ccccc1)c1ccccc1)c1ccc(-c2ccc3c(c2)-c2ccccc2C3)cc1.CCN(Cc1ccc2c(c1)-c1ccccc1C2(c1ccccc1)c1ccccc1)c1ccc(-c2cccc3c2Cc2ccccc2-3)cc1. The summed E-state index contributed by atoms with van der Waals surface area (Å²) >= 11 is 0. The van der Waals surface area contributed by atoms with Gasteiger partial charge in [-0.2, -0.15) is 0 Å². The molecule has 0 saturated carbocycles. The van der Waals surface area contributed by atoms with Crippen LogP contribution in [0.5, 0.6) is 0 Å². The van der Waals surface area contributed by atoms with Gasteiger partial charge >= 0.3 is 0 Å². The summed E-state index contributed by atoms with van der Waals surface area (Å²) in [5.41, 5.74) is 36.8. The summed E-state index contributed by atoms with van der Waals surface area (Å²) in [5, 5.41) is 0. The average molecular weight is 1650 g/mol. The van der Waals surface area contributed by atoms with E-state index in [1.165, 1.54) is 156 Å². The highest BCUT2D eigenvalue weighted by Gasteiger charge is 2.47. The molecule has 0 unspecified atom stereocenters. The highest BCUT2D eigenvalue weighted by Crippen LogP contribution is 2.58. The minimum absolute atomic E-state index is 0.354. The monoisotopic (exact) mass is 1650 g/mol. The first-order valence-electron chi connectivity index (χ1n) is 48.3. The first-order chi connectivity index (χ1) is 61.5. The molecule has 0 heterocycles. The lowest BCUT2D eigenvalue weighted by atomic mass is 9.67. The van der Waals surface area contributed by atoms with Gasteiger partial charge in [0.2, 0.25) is 0 Å². The first kappa shape index (κ1) is 107. The van der Waals surface area contributed by atoms with E-state index in [-0.39, 0.29) is 10.8 Å². The highest BCUT2D eigenvalue weighted by molar-refractivity contribution is 5.90.